The second-order valence-electron chi connectivity index (χ2n) is 8.54. The molecule has 0 aliphatic heterocycles. The maximum Gasteiger partial charge on any atom is 0.303 e. The van der Waals surface area contributed by atoms with E-state index >= 15 is 0 Å². The number of rotatable bonds is 4. The quantitative estimate of drug-likeness (QED) is 0.451. The molecule has 4 rings (SSSR count). The van der Waals surface area contributed by atoms with Crippen LogP contribution < -0.4 is 11.1 Å². The van der Waals surface area contributed by atoms with Crippen molar-refractivity contribution in [3.05, 3.63) is 66.1 Å². The smallest absolute Gasteiger partial charge is 0.303 e. The Kier molecular flexibility index (Phi) is 4.88. The van der Waals surface area contributed by atoms with E-state index in [9.17, 15) is 8.78 Å². The summed E-state index contributed by atoms with van der Waals surface area (Å²) in [5.74, 6) is -3.46. The van der Waals surface area contributed by atoms with Crippen LogP contribution in [-0.2, 0) is 11.3 Å². The van der Waals surface area contributed by atoms with Crippen molar-refractivity contribution in [1.29, 1.82) is 0 Å². The number of nitrogens with two attached hydrogens (primary N) is 1. The third-order valence-electron chi connectivity index (χ3n) is 4.86. The topological polar surface area (TPSA) is 81.7 Å². The molecule has 4 aromatic rings. The van der Waals surface area contributed by atoms with Crippen LogP contribution in [0.2, 0.25) is 0 Å². The van der Waals surface area contributed by atoms with Crippen molar-refractivity contribution in [1.82, 2.24) is 19.7 Å². The van der Waals surface area contributed by atoms with Gasteiger partial charge in [-0.15, -0.1) is 5.10 Å². The highest BCUT2D eigenvalue weighted by molar-refractivity contribution is 5.91. The zero-order chi connectivity index (χ0) is 22.4. The fourth-order valence-corrected chi connectivity index (χ4v) is 3.38. The molecule has 0 saturated heterocycles. The number of para-hydroxylation sites is 3. The molecule has 0 saturated carbocycles. The van der Waals surface area contributed by atoms with Crippen molar-refractivity contribution in [2.24, 2.45) is 0 Å². The van der Waals surface area contributed by atoms with Crippen molar-refractivity contribution < 1.29 is 8.78 Å². The number of benzene rings is 2. The zero-order valence-electron chi connectivity index (χ0n) is 17.8. The number of aromatic nitrogens is 4. The van der Waals surface area contributed by atoms with E-state index in [0.29, 0.717) is 22.6 Å². The molecule has 31 heavy (non-hydrogen) atoms. The first-order valence-corrected chi connectivity index (χ1v) is 9.92. The van der Waals surface area contributed by atoms with Crippen LogP contribution in [0.5, 0.6) is 0 Å². The third kappa shape index (κ3) is 3.93. The Balaban J connectivity index is 1.94. The summed E-state index contributed by atoms with van der Waals surface area (Å²) in [5.41, 5.74) is 8.87. The fourth-order valence-electron chi connectivity index (χ4n) is 3.38. The second-order valence-corrected chi connectivity index (χ2v) is 8.54. The highest BCUT2D eigenvalue weighted by atomic mass is 19.3. The second kappa shape index (κ2) is 7.30. The lowest BCUT2D eigenvalue weighted by atomic mass is 9.89. The molecule has 0 amide bonds. The van der Waals surface area contributed by atoms with Crippen LogP contribution in [-0.4, -0.2) is 19.7 Å². The lowest BCUT2D eigenvalue weighted by molar-refractivity contribution is 0.00767. The van der Waals surface area contributed by atoms with E-state index < -0.39 is 17.2 Å². The number of hydrogen-bond acceptors (Lipinski definition) is 5. The molecule has 0 fully saturated rings. The van der Waals surface area contributed by atoms with Crippen LogP contribution in [0.4, 0.5) is 26.0 Å². The molecule has 0 spiro atoms. The molecule has 3 N–H and O–H groups in total. The van der Waals surface area contributed by atoms with Gasteiger partial charge in [-0.1, -0.05) is 51.1 Å². The van der Waals surface area contributed by atoms with Crippen LogP contribution in [0.3, 0.4) is 0 Å². The molecule has 0 unspecified atom stereocenters. The Morgan fingerprint density at radius 3 is 2.19 bits per heavy atom. The Morgan fingerprint density at radius 1 is 0.903 bits per heavy atom. The van der Waals surface area contributed by atoms with E-state index in [0.717, 1.165) is 18.3 Å². The Hall–Kier alpha value is -3.55. The standard InChI is InChI=1S/C23H24F2N6/c1-22(2,3)18-17-19(26)31(30-20(17)29-21(28-18)23(4,24)25)16-13-9-8-12-15(16)27-14-10-6-5-7-11-14/h5-13,27H,26H2,1-4H3. The number of anilines is 3. The van der Waals surface area contributed by atoms with Gasteiger partial charge in [0, 0.05) is 18.0 Å². The molecule has 8 heteroatoms. The maximum atomic E-state index is 14.1. The molecule has 0 aliphatic carbocycles. The minimum Gasteiger partial charge on any atom is -0.383 e. The van der Waals surface area contributed by atoms with E-state index in [1.165, 1.54) is 4.68 Å². The SMILES string of the molecule is CC(C)(C)c1nc(C(C)(F)F)nc2nn(-c3ccccc3Nc3ccccc3)c(N)c12. The fraction of sp³-hybridized carbons (Fsp3) is 0.261. The summed E-state index contributed by atoms with van der Waals surface area (Å²) >= 11 is 0. The molecule has 2 heterocycles. The zero-order valence-corrected chi connectivity index (χ0v) is 17.8. The minimum atomic E-state index is -3.19. The molecular weight excluding hydrogens is 398 g/mol. The highest BCUT2D eigenvalue weighted by Crippen LogP contribution is 2.36. The van der Waals surface area contributed by atoms with Crippen molar-refractivity contribution in [2.75, 3.05) is 11.1 Å². The van der Waals surface area contributed by atoms with Gasteiger partial charge in [0.15, 0.2) is 5.65 Å². The van der Waals surface area contributed by atoms with E-state index in [1.54, 1.807) is 0 Å². The number of fused-ring (bicyclic) bond motifs is 1. The first-order valence-electron chi connectivity index (χ1n) is 9.92. The Morgan fingerprint density at radius 2 is 1.55 bits per heavy atom. The number of hydrogen-bond donors (Lipinski definition) is 2. The van der Waals surface area contributed by atoms with Gasteiger partial charge in [0.1, 0.15) is 5.82 Å². The van der Waals surface area contributed by atoms with Gasteiger partial charge in [-0.2, -0.15) is 8.78 Å². The van der Waals surface area contributed by atoms with Gasteiger partial charge in [-0.3, -0.25) is 0 Å². The van der Waals surface area contributed by atoms with Gasteiger partial charge in [-0.05, 0) is 24.3 Å². The molecule has 2 aromatic carbocycles. The minimum absolute atomic E-state index is 0.142. The van der Waals surface area contributed by atoms with Gasteiger partial charge in [0.2, 0.25) is 5.82 Å². The summed E-state index contributed by atoms with van der Waals surface area (Å²) in [6.07, 6.45) is 0. The highest BCUT2D eigenvalue weighted by Gasteiger charge is 2.33. The first kappa shape index (κ1) is 20.7. The van der Waals surface area contributed by atoms with Gasteiger partial charge in [-0.25, -0.2) is 14.6 Å². The first-order chi connectivity index (χ1) is 14.6. The van der Waals surface area contributed by atoms with Crippen molar-refractivity contribution in [3.8, 4) is 5.69 Å². The summed E-state index contributed by atoms with van der Waals surface area (Å²) in [5, 5.41) is 8.33. The average Bonchev–Trinajstić information content (AvgIpc) is 3.03. The molecule has 0 bridgehead atoms. The predicted octanol–water partition coefficient (Wildman–Crippen LogP) is 5.55. The largest absolute Gasteiger partial charge is 0.383 e. The van der Waals surface area contributed by atoms with Crippen molar-refractivity contribution >= 4 is 28.2 Å². The number of halogens is 2. The average molecular weight is 422 g/mol. The lowest BCUT2D eigenvalue weighted by Crippen LogP contribution is -2.20. The van der Waals surface area contributed by atoms with Crippen LogP contribution in [0.1, 0.15) is 39.2 Å². The number of alkyl halides is 2. The van der Waals surface area contributed by atoms with E-state index in [-0.39, 0.29) is 5.65 Å². The van der Waals surface area contributed by atoms with Gasteiger partial charge >= 0.3 is 5.92 Å². The lowest BCUT2D eigenvalue weighted by Gasteiger charge is -2.20. The van der Waals surface area contributed by atoms with E-state index in [1.807, 2.05) is 75.4 Å². The summed E-state index contributed by atoms with van der Waals surface area (Å²) < 4.78 is 29.7. The Bertz CT molecular complexity index is 1240. The maximum absolute atomic E-state index is 14.1. The molecule has 2 aromatic heterocycles. The van der Waals surface area contributed by atoms with Gasteiger partial charge < -0.3 is 11.1 Å². The molecule has 0 atom stereocenters. The monoisotopic (exact) mass is 422 g/mol. The van der Waals surface area contributed by atoms with Crippen molar-refractivity contribution in [2.45, 2.75) is 39.0 Å². The van der Waals surface area contributed by atoms with Gasteiger partial charge in [0.25, 0.3) is 0 Å². The number of nitrogen functional groups attached to an aromatic ring is 1. The molecule has 0 aliphatic rings. The summed E-state index contributed by atoms with van der Waals surface area (Å²) in [6.45, 7) is 6.47. The van der Waals surface area contributed by atoms with Crippen LogP contribution in [0, 0.1) is 0 Å². The van der Waals surface area contributed by atoms with Crippen LogP contribution >= 0.6 is 0 Å². The number of nitrogens with zero attached hydrogens (tertiary/aromatic N) is 4. The van der Waals surface area contributed by atoms with E-state index in [2.05, 4.69) is 20.4 Å². The van der Waals surface area contributed by atoms with Crippen LogP contribution in [0.15, 0.2) is 54.6 Å². The van der Waals surface area contributed by atoms with E-state index in [4.69, 9.17) is 5.73 Å². The summed E-state index contributed by atoms with van der Waals surface area (Å²) in [7, 11) is 0. The van der Waals surface area contributed by atoms with Crippen LogP contribution in [0.25, 0.3) is 16.7 Å². The van der Waals surface area contributed by atoms with Gasteiger partial charge in [0.05, 0.1) is 22.5 Å². The summed E-state index contributed by atoms with van der Waals surface area (Å²) in [4.78, 5) is 8.24. The number of nitrogens with one attached hydrogen (secondary N) is 1. The van der Waals surface area contributed by atoms with Crippen molar-refractivity contribution in [3.63, 3.8) is 0 Å². The normalized spacial score (nSPS) is 12.3. The molecule has 0 radical (unpaired) electrons. The molecule has 6 nitrogen and oxygen atoms in total. The molecular formula is C23H24F2N6. The molecule has 160 valence electrons. The predicted molar refractivity (Wildman–Crippen MR) is 119 cm³/mol. The summed E-state index contributed by atoms with van der Waals surface area (Å²) in [6, 6.07) is 17.2. The Labute approximate surface area is 179 Å². The third-order valence-corrected chi connectivity index (χ3v) is 4.86.